The van der Waals surface area contributed by atoms with E-state index in [2.05, 4.69) is 21.2 Å². The average molecular weight is 341 g/mol. The minimum atomic E-state index is -0.371. The molecule has 0 spiro atoms. The molecule has 1 atom stereocenters. The fourth-order valence-corrected chi connectivity index (χ4v) is 3.08. The molecule has 8 heteroatoms. The van der Waals surface area contributed by atoms with Gasteiger partial charge in [-0.1, -0.05) is 15.9 Å². The number of rotatable bonds is 2. The Morgan fingerprint density at radius 2 is 2.20 bits per heavy atom. The highest BCUT2D eigenvalue weighted by Crippen LogP contribution is 2.32. The van der Waals surface area contributed by atoms with Gasteiger partial charge in [-0.3, -0.25) is 10.1 Å². The number of nitrogens with one attached hydrogen (secondary N) is 1. The molecule has 2 aliphatic rings. The summed E-state index contributed by atoms with van der Waals surface area (Å²) in [5.41, 5.74) is 0.697. The first-order chi connectivity index (χ1) is 9.56. The molecular formula is C12H13BrN4O3. The van der Waals surface area contributed by atoms with Gasteiger partial charge < -0.3 is 15.1 Å². The predicted molar refractivity (Wildman–Crippen MR) is 76.9 cm³/mol. The van der Waals surface area contributed by atoms with Gasteiger partial charge in [-0.2, -0.15) is 0 Å². The first kappa shape index (κ1) is 13.2. The summed E-state index contributed by atoms with van der Waals surface area (Å²) in [6.07, 6.45) is 0. The largest absolute Gasteiger partial charge is 0.362 e. The molecule has 0 aliphatic carbocycles. The Kier molecular flexibility index (Phi) is 3.25. The predicted octanol–water partition coefficient (Wildman–Crippen LogP) is 1.57. The average Bonchev–Trinajstić information content (AvgIpc) is 2.80. The summed E-state index contributed by atoms with van der Waals surface area (Å²) in [6.45, 7) is 2.40. The monoisotopic (exact) mass is 340 g/mol. The molecule has 3 rings (SSSR count). The van der Waals surface area contributed by atoms with Crippen molar-refractivity contribution in [3.8, 4) is 0 Å². The van der Waals surface area contributed by atoms with Crippen molar-refractivity contribution in [1.82, 2.24) is 10.2 Å². The first-order valence-corrected chi connectivity index (χ1v) is 7.09. The van der Waals surface area contributed by atoms with Crippen LogP contribution in [-0.2, 0) is 0 Å². The number of carbonyl (C=O) groups is 1. The summed E-state index contributed by atoms with van der Waals surface area (Å²) in [6, 6.07) is 5.11. The van der Waals surface area contributed by atoms with Gasteiger partial charge in [0, 0.05) is 36.7 Å². The van der Waals surface area contributed by atoms with Crippen LogP contribution >= 0.6 is 15.9 Å². The van der Waals surface area contributed by atoms with Crippen molar-refractivity contribution in [2.45, 2.75) is 6.04 Å². The summed E-state index contributed by atoms with van der Waals surface area (Å²) in [4.78, 5) is 26.1. The lowest BCUT2D eigenvalue weighted by molar-refractivity contribution is -0.384. The smallest absolute Gasteiger partial charge is 0.317 e. The maximum Gasteiger partial charge on any atom is 0.317 e. The zero-order chi connectivity index (χ0) is 14.3. The van der Waals surface area contributed by atoms with Crippen LogP contribution in [0.25, 0.3) is 0 Å². The molecule has 0 saturated carbocycles. The third kappa shape index (κ3) is 2.20. The molecule has 1 aromatic carbocycles. The van der Waals surface area contributed by atoms with Gasteiger partial charge in [0.1, 0.15) is 5.69 Å². The van der Waals surface area contributed by atoms with Gasteiger partial charge in [0.25, 0.3) is 5.69 Å². The van der Waals surface area contributed by atoms with E-state index in [9.17, 15) is 14.9 Å². The number of urea groups is 1. The third-order valence-corrected chi connectivity index (χ3v) is 4.20. The van der Waals surface area contributed by atoms with Gasteiger partial charge in [0.2, 0.25) is 0 Å². The highest BCUT2D eigenvalue weighted by Gasteiger charge is 2.36. The van der Waals surface area contributed by atoms with Crippen LogP contribution in [0.1, 0.15) is 0 Å². The van der Waals surface area contributed by atoms with Crippen molar-refractivity contribution in [1.29, 1.82) is 0 Å². The quantitative estimate of drug-likeness (QED) is 0.654. The van der Waals surface area contributed by atoms with E-state index in [1.165, 1.54) is 6.07 Å². The third-order valence-electron chi connectivity index (χ3n) is 3.71. The van der Waals surface area contributed by atoms with Gasteiger partial charge in [0.15, 0.2) is 0 Å². The number of hydrogen-bond acceptors (Lipinski definition) is 4. The SMILES string of the molecule is O=C1NC[C@H]2CN(c3ccc(Br)cc3[N+](=O)[O-])CCN12. The minimum absolute atomic E-state index is 0.0417. The van der Waals surface area contributed by atoms with Crippen LogP contribution in [0.5, 0.6) is 0 Å². The van der Waals surface area contributed by atoms with Crippen molar-refractivity contribution < 1.29 is 9.72 Å². The van der Waals surface area contributed by atoms with Crippen molar-refractivity contribution in [3.05, 3.63) is 32.8 Å². The van der Waals surface area contributed by atoms with Crippen LogP contribution in [0, 0.1) is 10.1 Å². The van der Waals surface area contributed by atoms with Crippen LogP contribution in [0.3, 0.4) is 0 Å². The van der Waals surface area contributed by atoms with Crippen molar-refractivity contribution in [2.24, 2.45) is 0 Å². The molecule has 0 bridgehead atoms. The van der Waals surface area contributed by atoms with E-state index in [-0.39, 0.29) is 22.7 Å². The molecule has 2 fully saturated rings. The fourth-order valence-electron chi connectivity index (χ4n) is 2.73. The number of amides is 2. The maximum absolute atomic E-state index is 11.6. The van der Waals surface area contributed by atoms with Crippen molar-refractivity contribution in [3.63, 3.8) is 0 Å². The number of halogens is 1. The molecule has 1 aromatic rings. The van der Waals surface area contributed by atoms with E-state index in [0.29, 0.717) is 36.3 Å². The standard InChI is InChI=1S/C12H13BrN4O3/c13-8-1-2-10(11(5-8)17(19)20)15-3-4-16-9(7-15)6-14-12(16)18/h1-2,5,9H,3-4,6-7H2,(H,14,18)/t9-/m0/s1. The number of carbonyl (C=O) groups excluding carboxylic acids is 1. The maximum atomic E-state index is 11.6. The number of anilines is 1. The van der Waals surface area contributed by atoms with Gasteiger partial charge in [0.05, 0.1) is 11.0 Å². The highest BCUT2D eigenvalue weighted by atomic mass is 79.9. The summed E-state index contributed by atoms with van der Waals surface area (Å²) in [7, 11) is 0. The second-order valence-corrected chi connectivity index (χ2v) is 5.79. The molecule has 20 heavy (non-hydrogen) atoms. The molecule has 0 radical (unpaired) electrons. The number of piperazine rings is 1. The first-order valence-electron chi connectivity index (χ1n) is 6.29. The molecular weight excluding hydrogens is 328 g/mol. The van der Waals surface area contributed by atoms with E-state index < -0.39 is 0 Å². The Morgan fingerprint density at radius 3 is 2.95 bits per heavy atom. The Bertz CT molecular complexity index is 580. The lowest BCUT2D eigenvalue weighted by Gasteiger charge is -2.37. The molecule has 7 nitrogen and oxygen atoms in total. The van der Waals surface area contributed by atoms with Gasteiger partial charge >= 0.3 is 6.03 Å². The summed E-state index contributed by atoms with van der Waals surface area (Å²) >= 11 is 3.26. The van der Waals surface area contributed by atoms with Crippen LogP contribution in [0.15, 0.2) is 22.7 Å². The highest BCUT2D eigenvalue weighted by molar-refractivity contribution is 9.10. The molecule has 2 amide bonds. The topological polar surface area (TPSA) is 78.7 Å². The lowest BCUT2D eigenvalue weighted by Crippen LogP contribution is -2.52. The van der Waals surface area contributed by atoms with E-state index in [1.807, 2.05) is 4.90 Å². The Labute approximate surface area is 123 Å². The Hall–Kier alpha value is -1.83. The van der Waals surface area contributed by atoms with Crippen LogP contribution < -0.4 is 10.2 Å². The van der Waals surface area contributed by atoms with Crippen molar-refractivity contribution >= 4 is 33.3 Å². The number of fused-ring (bicyclic) bond motifs is 1. The van der Waals surface area contributed by atoms with Gasteiger partial charge in [-0.25, -0.2) is 4.79 Å². The van der Waals surface area contributed by atoms with E-state index in [4.69, 9.17) is 0 Å². The number of benzene rings is 1. The second kappa shape index (κ2) is 4.93. The fraction of sp³-hybridized carbons (Fsp3) is 0.417. The number of nitro groups is 1. The molecule has 1 N–H and O–H groups in total. The van der Waals surface area contributed by atoms with Crippen molar-refractivity contribution in [2.75, 3.05) is 31.1 Å². The molecule has 0 aromatic heterocycles. The Balaban J connectivity index is 1.87. The number of nitrogens with zero attached hydrogens (tertiary/aromatic N) is 3. The minimum Gasteiger partial charge on any atom is -0.362 e. The molecule has 2 saturated heterocycles. The Morgan fingerprint density at radius 1 is 1.40 bits per heavy atom. The van der Waals surface area contributed by atoms with Gasteiger partial charge in [-0.05, 0) is 12.1 Å². The molecule has 0 unspecified atom stereocenters. The summed E-state index contributed by atoms with van der Waals surface area (Å²) in [5.74, 6) is 0. The van der Waals surface area contributed by atoms with Crippen LogP contribution in [-0.4, -0.2) is 48.1 Å². The number of nitro benzene ring substituents is 1. The van der Waals surface area contributed by atoms with Crippen LogP contribution in [0.4, 0.5) is 16.2 Å². The van der Waals surface area contributed by atoms with E-state index in [0.717, 1.165) is 0 Å². The lowest BCUT2D eigenvalue weighted by atomic mass is 10.1. The summed E-state index contributed by atoms with van der Waals surface area (Å²) < 4.78 is 0.685. The van der Waals surface area contributed by atoms with Gasteiger partial charge in [-0.15, -0.1) is 0 Å². The van der Waals surface area contributed by atoms with E-state index >= 15 is 0 Å². The normalized spacial score (nSPS) is 21.6. The number of hydrogen-bond donors (Lipinski definition) is 1. The molecule has 106 valence electrons. The zero-order valence-corrected chi connectivity index (χ0v) is 12.2. The van der Waals surface area contributed by atoms with E-state index in [1.54, 1.807) is 17.0 Å². The van der Waals surface area contributed by atoms with Crippen LogP contribution in [0.2, 0.25) is 0 Å². The zero-order valence-electron chi connectivity index (χ0n) is 10.6. The second-order valence-electron chi connectivity index (χ2n) is 4.87. The molecule has 2 heterocycles. The molecule has 2 aliphatic heterocycles. The summed E-state index contributed by atoms with van der Waals surface area (Å²) in [5, 5.41) is 14.0.